The normalized spacial score (nSPS) is 21.0. The Morgan fingerprint density at radius 3 is 2.53 bits per heavy atom. The summed E-state index contributed by atoms with van der Waals surface area (Å²) < 4.78 is 14.1. The van der Waals surface area contributed by atoms with Crippen LogP contribution in [0.25, 0.3) is 0 Å². The molecule has 0 N–H and O–H groups in total. The van der Waals surface area contributed by atoms with E-state index in [9.17, 15) is 4.39 Å². The van der Waals surface area contributed by atoms with Gasteiger partial charge in [-0.3, -0.25) is 0 Å². The molecule has 0 spiro atoms. The van der Waals surface area contributed by atoms with Crippen LogP contribution >= 0.6 is 0 Å². The Labute approximate surface area is 104 Å². The summed E-state index contributed by atoms with van der Waals surface area (Å²) in [7, 11) is 0. The van der Waals surface area contributed by atoms with Gasteiger partial charge in [0.05, 0.1) is 0 Å². The number of benzene rings is 1. The molecule has 0 amide bonds. The lowest BCUT2D eigenvalue weighted by Gasteiger charge is -2.31. The standard InChI is InChI=1S/C15H22FN/c1-11-7-6-10-17(11)13-9-5-8-12(16)14(13)15(2,3)4/h5,8-9,11H,6-7,10H2,1-4H3/t11-/m1/s1. The average Bonchev–Trinajstić information content (AvgIpc) is 2.62. The van der Waals surface area contributed by atoms with Crippen molar-refractivity contribution in [2.24, 2.45) is 0 Å². The lowest BCUT2D eigenvalue weighted by atomic mass is 9.85. The smallest absolute Gasteiger partial charge is 0.129 e. The highest BCUT2D eigenvalue weighted by molar-refractivity contribution is 5.58. The van der Waals surface area contributed by atoms with Crippen LogP contribution in [0.2, 0.25) is 0 Å². The zero-order valence-electron chi connectivity index (χ0n) is 11.3. The van der Waals surface area contributed by atoms with Gasteiger partial charge < -0.3 is 4.90 Å². The Kier molecular flexibility index (Phi) is 3.15. The van der Waals surface area contributed by atoms with Gasteiger partial charge in [0.2, 0.25) is 0 Å². The highest BCUT2D eigenvalue weighted by atomic mass is 19.1. The van der Waals surface area contributed by atoms with E-state index < -0.39 is 0 Å². The maximum atomic E-state index is 14.1. The van der Waals surface area contributed by atoms with Crippen LogP contribution in [-0.4, -0.2) is 12.6 Å². The van der Waals surface area contributed by atoms with Gasteiger partial charge in [-0.15, -0.1) is 0 Å². The predicted molar refractivity (Wildman–Crippen MR) is 71.1 cm³/mol. The first-order valence-corrected chi connectivity index (χ1v) is 6.47. The lowest BCUT2D eigenvalue weighted by Crippen LogP contribution is -2.30. The molecule has 0 bridgehead atoms. The van der Waals surface area contributed by atoms with Gasteiger partial charge in [0, 0.05) is 23.8 Å². The van der Waals surface area contributed by atoms with E-state index in [1.165, 1.54) is 12.8 Å². The Morgan fingerprint density at radius 1 is 1.29 bits per heavy atom. The number of halogens is 1. The lowest BCUT2D eigenvalue weighted by molar-refractivity contribution is 0.520. The van der Waals surface area contributed by atoms with Gasteiger partial charge in [0.1, 0.15) is 5.82 Å². The maximum absolute atomic E-state index is 14.1. The van der Waals surface area contributed by atoms with Crippen molar-refractivity contribution in [2.45, 2.75) is 52.0 Å². The molecule has 1 nitrogen and oxygen atoms in total. The minimum atomic E-state index is -0.150. The molecule has 1 heterocycles. The van der Waals surface area contributed by atoms with Gasteiger partial charge >= 0.3 is 0 Å². The molecule has 1 aromatic rings. The molecule has 1 aliphatic rings. The van der Waals surface area contributed by atoms with Crippen LogP contribution in [-0.2, 0) is 5.41 Å². The van der Waals surface area contributed by atoms with Crippen LogP contribution in [0, 0.1) is 5.82 Å². The summed E-state index contributed by atoms with van der Waals surface area (Å²) in [5.74, 6) is -0.0749. The van der Waals surface area contributed by atoms with Crippen LogP contribution in [0.4, 0.5) is 10.1 Å². The number of nitrogens with zero attached hydrogens (tertiary/aromatic N) is 1. The third kappa shape index (κ3) is 2.31. The van der Waals surface area contributed by atoms with Crippen molar-refractivity contribution in [1.29, 1.82) is 0 Å². The van der Waals surface area contributed by atoms with Crippen molar-refractivity contribution in [3.8, 4) is 0 Å². The van der Waals surface area contributed by atoms with E-state index in [2.05, 4.69) is 38.7 Å². The third-order valence-electron chi connectivity index (χ3n) is 3.60. The zero-order chi connectivity index (χ0) is 12.6. The second kappa shape index (κ2) is 4.32. The van der Waals surface area contributed by atoms with Crippen molar-refractivity contribution >= 4 is 5.69 Å². The molecular formula is C15H22FN. The molecule has 2 rings (SSSR count). The van der Waals surface area contributed by atoms with Gasteiger partial charge in [-0.25, -0.2) is 4.39 Å². The van der Waals surface area contributed by atoms with Crippen LogP contribution in [0.3, 0.4) is 0 Å². The first-order chi connectivity index (χ1) is 7.91. The molecule has 1 aliphatic heterocycles. The molecule has 0 saturated carbocycles. The Balaban J connectivity index is 2.50. The predicted octanol–water partition coefficient (Wildman–Crippen LogP) is 4.11. The van der Waals surface area contributed by atoms with Crippen molar-refractivity contribution in [3.05, 3.63) is 29.6 Å². The van der Waals surface area contributed by atoms with Gasteiger partial charge in [0.15, 0.2) is 0 Å². The van der Waals surface area contributed by atoms with Crippen molar-refractivity contribution in [3.63, 3.8) is 0 Å². The Morgan fingerprint density at radius 2 is 2.00 bits per heavy atom. The molecule has 0 aromatic heterocycles. The molecule has 1 atom stereocenters. The fourth-order valence-corrected chi connectivity index (χ4v) is 2.79. The first kappa shape index (κ1) is 12.4. The second-order valence-electron chi connectivity index (χ2n) is 6.07. The van der Waals surface area contributed by atoms with Crippen LogP contribution in [0.15, 0.2) is 18.2 Å². The van der Waals surface area contributed by atoms with Crippen LogP contribution < -0.4 is 4.90 Å². The van der Waals surface area contributed by atoms with Crippen LogP contribution in [0.1, 0.15) is 46.1 Å². The third-order valence-corrected chi connectivity index (χ3v) is 3.60. The van der Waals surface area contributed by atoms with E-state index >= 15 is 0 Å². The molecular weight excluding hydrogens is 213 g/mol. The molecule has 1 aromatic carbocycles. The molecule has 0 radical (unpaired) electrons. The monoisotopic (exact) mass is 235 g/mol. The summed E-state index contributed by atoms with van der Waals surface area (Å²) in [6, 6.07) is 5.99. The number of rotatable bonds is 1. The van der Waals surface area contributed by atoms with E-state index in [-0.39, 0.29) is 11.2 Å². The molecule has 17 heavy (non-hydrogen) atoms. The molecule has 1 fully saturated rings. The summed E-state index contributed by atoms with van der Waals surface area (Å²) in [5, 5.41) is 0. The number of anilines is 1. The SMILES string of the molecule is C[C@@H]1CCCN1c1cccc(F)c1C(C)(C)C. The second-order valence-corrected chi connectivity index (χ2v) is 6.07. The van der Waals surface area contributed by atoms with Gasteiger partial charge in [0.25, 0.3) is 0 Å². The summed E-state index contributed by atoms with van der Waals surface area (Å²) in [6.07, 6.45) is 2.42. The summed E-state index contributed by atoms with van der Waals surface area (Å²) in [5.41, 5.74) is 1.79. The van der Waals surface area contributed by atoms with Gasteiger partial charge in [-0.1, -0.05) is 26.8 Å². The molecule has 94 valence electrons. The Hall–Kier alpha value is -1.05. The van der Waals surface area contributed by atoms with E-state index in [0.29, 0.717) is 6.04 Å². The largest absolute Gasteiger partial charge is 0.369 e. The van der Waals surface area contributed by atoms with E-state index in [1.54, 1.807) is 6.07 Å². The highest BCUT2D eigenvalue weighted by Crippen LogP contribution is 2.37. The van der Waals surface area contributed by atoms with Crippen molar-refractivity contribution in [1.82, 2.24) is 0 Å². The van der Waals surface area contributed by atoms with Crippen molar-refractivity contribution in [2.75, 3.05) is 11.4 Å². The summed E-state index contributed by atoms with van der Waals surface area (Å²) in [4.78, 5) is 2.35. The average molecular weight is 235 g/mol. The summed E-state index contributed by atoms with van der Waals surface area (Å²) >= 11 is 0. The van der Waals surface area contributed by atoms with Crippen LogP contribution in [0.5, 0.6) is 0 Å². The maximum Gasteiger partial charge on any atom is 0.129 e. The molecule has 2 heteroatoms. The Bertz CT molecular complexity index is 406. The minimum absolute atomic E-state index is 0.0749. The zero-order valence-corrected chi connectivity index (χ0v) is 11.3. The quantitative estimate of drug-likeness (QED) is 0.708. The van der Waals surface area contributed by atoms with E-state index in [4.69, 9.17) is 0 Å². The number of hydrogen-bond acceptors (Lipinski definition) is 1. The van der Waals surface area contributed by atoms with Gasteiger partial charge in [-0.2, -0.15) is 0 Å². The molecule has 1 saturated heterocycles. The van der Waals surface area contributed by atoms with Gasteiger partial charge in [-0.05, 0) is 37.3 Å². The molecule has 0 aliphatic carbocycles. The topological polar surface area (TPSA) is 3.24 Å². The fraction of sp³-hybridized carbons (Fsp3) is 0.600. The fourth-order valence-electron chi connectivity index (χ4n) is 2.79. The minimum Gasteiger partial charge on any atom is -0.369 e. The highest BCUT2D eigenvalue weighted by Gasteiger charge is 2.28. The van der Waals surface area contributed by atoms with E-state index in [0.717, 1.165) is 17.8 Å². The van der Waals surface area contributed by atoms with E-state index in [1.807, 2.05) is 6.07 Å². The van der Waals surface area contributed by atoms with Crippen molar-refractivity contribution < 1.29 is 4.39 Å². The molecule has 0 unspecified atom stereocenters. The number of hydrogen-bond donors (Lipinski definition) is 0. The summed E-state index contributed by atoms with van der Waals surface area (Å²) in [6.45, 7) is 9.51. The first-order valence-electron chi connectivity index (χ1n) is 6.47.